The monoisotopic (exact) mass is 254 g/mol. The van der Waals surface area contributed by atoms with Crippen LogP contribution in [0.1, 0.15) is 35.1 Å². The number of nitriles is 1. The molecule has 1 fully saturated rings. The summed E-state index contributed by atoms with van der Waals surface area (Å²) in [4.78, 5) is 11.9. The van der Waals surface area contributed by atoms with Gasteiger partial charge in [0.15, 0.2) is 0 Å². The molecule has 1 aromatic rings. The Kier molecular flexibility index (Phi) is 3.71. The Hall–Kier alpha value is -2.08. The summed E-state index contributed by atoms with van der Waals surface area (Å²) in [6.07, 6.45) is 3.72. The van der Waals surface area contributed by atoms with E-state index < -0.39 is 0 Å². The van der Waals surface area contributed by atoms with Crippen molar-refractivity contribution in [2.45, 2.75) is 39.7 Å². The molecule has 0 bridgehead atoms. The van der Waals surface area contributed by atoms with Crippen LogP contribution in [0.4, 0.5) is 0 Å². The average Bonchev–Trinajstić information content (AvgIpc) is 3.15. The summed E-state index contributed by atoms with van der Waals surface area (Å²) in [5, 5.41) is 12.0. The van der Waals surface area contributed by atoms with Crippen molar-refractivity contribution >= 4 is 12.0 Å². The molecule has 0 saturated heterocycles. The summed E-state index contributed by atoms with van der Waals surface area (Å²) in [5.41, 5.74) is 4.58. The number of nitrogens with one attached hydrogen (secondary N) is 1. The van der Waals surface area contributed by atoms with E-state index >= 15 is 0 Å². The Balaban J connectivity index is 2.29. The van der Waals surface area contributed by atoms with Crippen LogP contribution in [-0.2, 0) is 4.79 Å². The first-order valence-corrected chi connectivity index (χ1v) is 6.51. The fourth-order valence-corrected chi connectivity index (χ4v) is 1.93. The van der Waals surface area contributed by atoms with E-state index in [4.69, 9.17) is 5.26 Å². The molecule has 19 heavy (non-hydrogen) atoms. The quantitative estimate of drug-likeness (QED) is 0.666. The molecule has 1 aliphatic rings. The molecule has 0 aromatic heterocycles. The molecule has 1 saturated carbocycles. The molecule has 1 aromatic carbocycles. The van der Waals surface area contributed by atoms with Gasteiger partial charge in [-0.2, -0.15) is 5.26 Å². The van der Waals surface area contributed by atoms with Gasteiger partial charge in [-0.05, 0) is 61.9 Å². The molecule has 0 atom stereocenters. The highest BCUT2D eigenvalue weighted by Crippen LogP contribution is 2.21. The number of nitrogens with zero attached hydrogens (tertiary/aromatic N) is 1. The van der Waals surface area contributed by atoms with Crippen molar-refractivity contribution in [1.82, 2.24) is 5.32 Å². The predicted octanol–water partition coefficient (Wildman–Crippen LogP) is 2.80. The molecule has 1 amide bonds. The van der Waals surface area contributed by atoms with Gasteiger partial charge in [0.25, 0.3) is 5.91 Å². The molecule has 0 unspecified atom stereocenters. The van der Waals surface area contributed by atoms with Crippen LogP contribution in [0.5, 0.6) is 0 Å². The van der Waals surface area contributed by atoms with Crippen LogP contribution in [-0.4, -0.2) is 11.9 Å². The van der Waals surface area contributed by atoms with Gasteiger partial charge < -0.3 is 5.32 Å². The minimum atomic E-state index is -0.261. The van der Waals surface area contributed by atoms with Gasteiger partial charge in [-0.15, -0.1) is 0 Å². The lowest BCUT2D eigenvalue weighted by Crippen LogP contribution is -2.26. The highest BCUT2D eigenvalue weighted by molar-refractivity contribution is 6.02. The van der Waals surface area contributed by atoms with Crippen LogP contribution < -0.4 is 5.32 Å². The number of amides is 1. The largest absolute Gasteiger partial charge is 0.349 e. The lowest BCUT2D eigenvalue weighted by molar-refractivity contribution is -0.117. The number of hydrogen-bond donors (Lipinski definition) is 1. The van der Waals surface area contributed by atoms with E-state index in [-0.39, 0.29) is 17.5 Å². The second kappa shape index (κ2) is 5.27. The zero-order valence-corrected chi connectivity index (χ0v) is 11.6. The molecular formula is C16H18N2O. The third kappa shape index (κ3) is 3.23. The number of rotatable bonds is 3. The lowest BCUT2D eigenvalue weighted by Gasteiger charge is -2.07. The summed E-state index contributed by atoms with van der Waals surface area (Å²) in [7, 11) is 0. The van der Waals surface area contributed by atoms with Crippen molar-refractivity contribution in [3.05, 3.63) is 40.0 Å². The number of aryl methyl sites for hydroxylation is 3. The average molecular weight is 254 g/mol. The third-order valence-corrected chi connectivity index (χ3v) is 3.46. The Bertz CT molecular complexity index is 590. The van der Waals surface area contributed by atoms with Crippen LogP contribution in [0.15, 0.2) is 17.7 Å². The minimum Gasteiger partial charge on any atom is -0.349 e. The Morgan fingerprint density at radius 1 is 1.26 bits per heavy atom. The highest BCUT2D eigenvalue weighted by atomic mass is 16.1. The van der Waals surface area contributed by atoms with E-state index in [2.05, 4.69) is 18.3 Å². The normalized spacial score (nSPS) is 14.9. The lowest BCUT2D eigenvalue weighted by atomic mass is 9.99. The van der Waals surface area contributed by atoms with Gasteiger partial charge in [0.1, 0.15) is 11.6 Å². The summed E-state index contributed by atoms with van der Waals surface area (Å²) >= 11 is 0. The van der Waals surface area contributed by atoms with Gasteiger partial charge in [-0.25, -0.2) is 0 Å². The van der Waals surface area contributed by atoms with Crippen LogP contribution in [0, 0.1) is 32.1 Å². The number of benzene rings is 1. The van der Waals surface area contributed by atoms with E-state index in [0.29, 0.717) is 0 Å². The van der Waals surface area contributed by atoms with Crippen molar-refractivity contribution in [2.75, 3.05) is 0 Å². The third-order valence-electron chi connectivity index (χ3n) is 3.46. The zero-order valence-electron chi connectivity index (χ0n) is 11.6. The predicted molar refractivity (Wildman–Crippen MR) is 75.4 cm³/mol. The zero-order chi connectivity index (χ0) is 14.0. The molecule has 3 nitrogen and oxygen atoms in total. The van der Waals surface area contributed by atoms with E-state index in [9.17, 15) is 4.79 Å². The van der Waals surface area contributed by atoms with E-state index in [1.54, 1.807) is 6.08 Å². The molecule has 3 heteroatoms. The number of carbonyl (C=O) groups is 1. The van der Waals surface area contributed by atoms with Crippen molar-refractivity contribution in [3.63, 3.8) is 0 Å². The van der Waals surface area contributed by atoms with Gasteiger partial charge >= 0.3 is 0 Å². The molecule has 1 N–H and O–H groups in total. The maximum atomic E-state index is 11.9. The summed E-state index contributed by atoms with van der Waals surface area (Å²) < 4.78 is 0. The Morgan fingerprint density at radius 2 is 1.89 bits per heavy atom. The summed E-state index contributed by atoms with van der Waals surface area (Å²) in [5.74, 6) is -0.261. The molecule has 1 aliphatic carbocycles. The van der Waals surface area contributed by atoms with E-state index in [0.717, 1.165) is 29.5 Å². The van der Waals surface area contributed by atoms with Crippen molar-refractivity contribution in [2.24, 2.45) is 0 Å². The van der Waals surface area contributed by atoms with Gasteiger partial charge in [0.2, 0.25) is 0 Å². The minimum absolute atomic E-state index is 0.179. The highest BCUT2D eigenvalue weighted by Gasteiger charge is 2.24. The Labute approximate surface area is 113 Å². The first kappa shape index (κ1) is 13.4. The second-order valence-corrected chi connectivity index (χ2v) is 5.21. The van der Waals surface area contributed by atoms with Gasteiger partial charge in [0, 0.05) is 6.04 Å². The fraction of sp³-hybridized carbons (Fsp3) is 0.375. The number of carbonyl (C=O) groups excluding carboxylic acids is 1. The summed E-state index contributed by atoms with van der Waals surface area (Å²) in [6, 6.07) is 6.36. The first-order chi connectivity index (χ1) is 9.01. The van der Waals surface area contributed by atoms with E-state index in [1.807, 2.05) is 26.0 Å². The molecule has 98 valence electrons. The maximum Gasteiger partial charge on any atom is 0.262 e. The van der Waals surface area contributed by atoms with Gasteiger partial charge in [-0.3, -0.25) is 4.79 Å². The van der Waals surface area contributed by atoms with Crippen LogP contribution in [0.25, 0.3) is 6.08 Å². The maximum absolute atomic E-state index is 11.9. The first-order valence-electron chi connectivity index (χ1n) is 6.51. The molecule has 0 aliphatic heterocycles. The standard InChI is InChI=1S/C16H18N2O/c1-10-6-12(3)13(7-11(10)2)8-14(9-17)16(19)18-15-4-5-15/h6-8,15H,4-5H2,1-3H3,(H,18,19)/b14-8+. The van der Waals surface area contributed by atoms with Crippen molar-refractivity contribution in [1.29, 1.82) is 5.26 Å². The Morgan fingerprint density at radius 3 is 2.47 bits per heavy atom. The van der Waals surface area contributed by atoms with Crippen LogP contribution in [0.3, 0.4) is 0 Å². The van der Waals surface area contributed by atoms with Gasteiger partial charge in [0.05, 0.1) is 0 Å². The SMILES string of the molecule is Cc1cc(C)c(/C=C(\C#N)C(=O)NC2CC2)cc1C. The molecule has 0 heterocycles. The summed E-state index contributed by atoms with van der Waals surface area (Å²) in [6.45, 7) is 6.08. The van der Waals surface area contributed by atoms with E-state index in [1.165, 1.54) is 5.56 Å². The van der Waals surface area contributed by atoms with Crippen molar-refractivity contribution < 1.29 is 4.79 Å². The second-order valence-electron chi connectivity index (χ2n) is 5.21. The molecule has 0 radical (unpaired) electrons. The van der Waals surface area contributed by atoms with Crippen LogP contribution >= 0.6 is 0 Å². The molecule has 0 spiro atoms. The van der Waals surface area contributed by atoms with Gasteiger partial charge in [-0.1, -0.05) is 12.1 Å². The smallest absolute Gasteiger partial charge is 0.262 e. The fourth-order valence-electron chi connectivity index (χ4n) is 1.93. The topological polar surface area (TPSA) is 52.9 Å². The molecular weight excluding hydrogens is 236 g/mol. The van der Waals surface area contributed by atoms with Crippen LogP contribution in [0.2, 0.25) is 0 Å². The van der Waals surface area contributed by atoms with Crippen molar-refractivity contribution in [3.8, 4) is 6.07 Å². The number of hydrogen-bond acceptors (Lipinski definition) is 2. The molecule has 2 rings (SSSR count).